The van der Waals surface area contributed by atoms with Gasteiger partial charge in [0.2, 0.25) is 0 Å². The van der Waals surface area contributed by atoms with E-state index in [1.807, 2.05) is 13.0 Å². The van der Waals surface area contributed by atoms with E-state index in [0.717, 1.165) is 12.0 Å². The van der Waals surface area contributed by atoms with E-state index in [1.54, 1.807) is 6.07 Å². The van der Waals surface area contributed by atoms with Gasteiger partial charge in [0.1, 0.15) is 5.82 Å². The Morgan fingerprint density at radius 2 is 2.40 bits per heavy atom. The van der Waals surface area contributed by atoms with Crippen LogP contribution in [0.4, 0.5) is 4.39 Å². The zero-order valence-corrected chi connectivity index (χ0v) is 8.53. The lowest BCUT2D eigenvalue weighted by Crippen LogP contribution is -2.07. The number of carboxylic acid groups (broad SMARTS) is 1. The molecule has 1 aliphatic rings. The highest BCUT2D eigenvalue weighted by Gasteiger charge is 2.51. The summed E-state index contributed by atoms with van der Waals surface area (Å²) < 4.78 is 13.0. The molecular weight excluding hydrogens is 195 g/mol. The molecular formula is C12H13FO2. The zero-order chi connectivity index (χ0) is 11.1. The van der Waals surface area contributed by atoms with Crippen LogP contribution >= 0.6 is 0 Å². The number of hydrogen-bond donors (Lipinski definition) is 1. The first-order valence-electron chi connectivity index (χ1n) is 5.00. The number of benzene rings is 1. The van der Waals surface area contributed by atoms with Gasteiger partial charge >= 0.3 is 5.97 Å². The molecule has 3 heteroatoms. The SMILES string of the molecule is CC1(c2cccc(F)c2)CC1CC(=O)O. The van der Waals surface area contributed by atoms with E-state index in [0.29, 0.717) is 0 Å². The molecule has 2 rings (SSSR count). The largest absolute Gasteiger partial charge is 0.481 e. The van der Waals surface area contributed by atoms with Gasteiger partial charge in [-0.3, -0.25) is 4.79 Å². The van der Waals surface area contributed by atoms with E-state index in [4.69, 9.17) is 5.11 Å². The third-order valence-corrected chi connectivity index (χ3v) is 3.32. The maximum Gasteiger partial charge on any atom is 0.303 e. The number of carbonyl (C=O) groups is 1. The van der Waals surface area contributed by atoms with Crippen LogP contribution in [0.2, 0.25) is 0 Å². The highest BCUT2D eigenvalue weighted by atomic mass is 19.1. The van der Waals surface area contributed by atoms with Gasteiger partial charge < -0.3 is 5.11 Å². The van der Waals surface area contributed by atoms with Crippen LogP contribution in [0.15, 0.2) is 24.3 Å². The van der Waals surface area contributed by atoms with Crippen molar-refractivity contribution >= 4 is 5.97 Å². The smallest absolute Gasteiger partial charge is 0.303 e. The van der Waals surface area contributed by atoms with Crippen molar-refractivity contribution in [2.24, 2.45) is 5.92 Å². The Hall–Kier alpha value is -1.38. The van der Waals surface area contributed by atoms with Gasteiger partial charge in [-0.2, -0.15) is 0 Å². The molecule has 80 valence electrons. The first-order chi connectivity index (χ1) is 7.02. The fraction of sp³-hybridized carbons (Fsp3) is 0.417. The van der Waals surface area contributed by atoms with Gasteiger partial charge in [0.25, 0.3) is 0 Å². The van der Waals surface area contributed by atoms with Crippen LogP contribution in [0.1, 0.15) is 25.3 Å². The molecule has 1 fully saturated rings. The second-order valence-corrected chi connectivity index (χ2v) is 4.43. The van der Waals surface area contributed by atoms with Crippen molar-refractivity contribution in [1.29, 1.82) is 0 Å². The monoisotopic (exact) mass is 208 g/mol. The standard InChI is InChI=1S/C12H13FO2/c1-12(7-9(12)6-11(14)15)8-3-2-4-10(13)5-8/h2-5,9H,6-7H2,1H3,(H,14,15). The van der Waals surface area contributed by atoms with Crippen molar-refractivity contribution in [3.05, 3.63) is 35.6 Å². The Balaban J connectivity index is 2.16. The summed E-state index contributed by atoms with van der Waals surface area (Å²) in [5.74, 6) is -0.883. The second kappa shape index (κ2) is 3.33. The summed E-state index contributed by atoms with van der Waals surface area (Å²) in [6.45, 7) is 2.00. The number of halogens is 1. The molecule has 15 heavy (non-hydrogen) atoms. The second-order valence-electron chi connectivity index (χ2n) is 4.43. The molecule has 0 amide bonds. The van der Waals surface area contributed by atoms with Crippen molar-refractivity contribution in [3.63, 3.8) is 0 Å². The lowest BCUT2D eigenvalue weighted by Gasteiger charge is -2.10. The third-order valence-electron chi connectivity index (χ3n) is 3.32. The van der Waals surface area contributed by atoms with Crippen molar-refractivity contribution < 1.29 is 14.3 Å². The maximum absolute atomic E-state index is 13.0. The van der Waals surface area contributed by atoms with E-state index in [9.17, 15) is 9.18 Å². The molecule has 1 aromatic carbocycles. The van der Waals surface area contributed by atoms with Crippen LogP contribution < -0.4 is 0 Å². The van der Waals surface area contributed by atoms with Gasteiger partial charge in [0.15, 0.2) is 0 Å². The van der Waals surface area contributed by atoms with Gasteiger partial charge in [-0.05, 0) is 35.4 Å². The minimum atomic E-state index is -0.778. The Kier molecular flexibility index (Phi) is 2.25. The summed E-state index contributed by atoms with van der Waals surface area (Å²) in [6.07, 6.45) is 1.01. The molecule has 0 heterocycles. The molecule has 1 N–H and O–H groups in total. The average molecular weight is 208 g/mol. The summed E-state index contributed by atoms with van der Waals surface area (Å²) in [5.41, 5.74) is 0.772. The first kappa shape index (κ1) is 10.1. The van der Waals surface area contributed by atoms with Crippen molar-refractivity contribution in [3.8, 4) is 0 Å². The van der Waals surface area contributed by atoms with E-state index in [-0.39, 0.29) is 23.6 Å². The van der Waals surface area contributed by atoms with Crippen molar-refractivity contribution in [2.75, 3.05) is 0 Å². The molecule has 0 bridgehead atoms. The van der Waals surface area contributed by atoms with Gasteiger partial charge in [-0.15, -0.1) is 0 Å². The molecule has 0 aromatic heterocycles. The van der Waals surface area contributed by atoms with Gasteiger partial charge in [0.05, 0.1) is 0 Å². The van der Waals surface area contributed by atoms with E-state index in [1.165, 1.54) is 12.1 Å². The summed E-state index contributed by atoms with van der Waals surface area (Å²) >= 11 is 0. The highest BCUT2D eigenvalue weighted by Crippen LogP contribution is 2.55. The van der Waals surface area contributed by atoms with E-state index in [2.05, 4.69) is 0 Å². The Morgan fingerprint density at radius 3 is 3.00 bits per heavy atom. The molecule has 0 spiro atoms. The van der Waals surface area contributed by atoms with E-state index < -0.39 is 5.97 Å². The zero-order valence-electron chi connectivity index (χ0n) is 8.53. The summed E-state index contributed by atoms with van der Waals surface area (Å²) in [6, 6.07) is 6.44. The average Bonchev–Trinajstić information content (AvgIpc) is 2.77. The van der Waals surface area contributed by atoms with Crippen molar-refractivity contribution in [2.45, 2.75) is 25.2 Å². The van der Waals surface area contributed by atoms with Gasteiger partial charge in [-0.25, -0.2) is 4.39 Å². The minimum Gasteiger partial charge on any atom is -0.481 e. The molecule has 2 unspecified atom stereocenters. The Bertz CT molecular complexity index is 402. The molecule has 1 saturated carbocycles. The minimum absolute atomic E-state index is 0.138. The third kappa shape index (κ3) is 1.87. The normalized spacial score (nSPS) is 28.8. The first-order valence-corrected chi connectivity index (χ1v) is 5.00. The topological polar surface area (TPSA) is 37.3 Å². The fourth-order valence-corrected chi connectivity index (χ4v) is 2.16. The van der Waals surface area contributed by atoms with Crippen LogP contribution in [0.25, 0.3) is 0 Å². The maximum atomic E-state index is 13.0. The summed E-state index contributed by atoms with van der Waals surface area (Å²) in [4.78, 5) is 10.6. The van der Waals surface area contributed by atoms with Crippen LogP contribution in [0.3, 0.4) is 0 Å². The van der Waals surface area contributed by atoms with Gasteiger partial charge in [-0.1, -0.05) is 19.1 Å². The predicted molar refractivity (Wildman–Crippen MR) is 54.1 cm³/mol. The summed E-state index contributed by atoms with van der Waals surface area (Å²) in [5, 5.41) is 8.68. The van der Waals surface area contributed by atoms with Crippen LogP contribution in [-0.4, -0.2) is 11.1 Å². The molecule has 0 radical (unpaired) electrons. The molecule has 1 aliphatic carbocycles. The molecule has 0 aliphatic heterocycles. The molecule has 1 aromatic rings. The number of rotatable bonds is 3. The van der Waals surface area contributed by atoms with Crippen LogP contribution in [0.5, 0.6) is 0 Å². The van der Waals surface area contributed by atoms with E-state index >= 15 is 0 Å². The molecule has 0 saturated heterocycles. The fourth-order valence-electron chi connectivity index (χ4n) is 2.16. The molecule has 2 atom stereocenters. The Labute approximate surface area is 87.7 Å². The van der Waals surface area contributed by atoms with Crippen LogP contribution in [0, 0.1) is 11.7 Å². The van der Waals surface area contributed by atoms with Crippen molar-refractivity contribution in [1.82, 2.24) is 0 Å². The lowest BCUT2D eigenvalue weighted by atomic mass is 9.94. The quantitative estimate of drug-likeness (QED) is 0.828. The Morgan fingerprint density at radius 1 is 1.67 bits per heavy atom. The number of carboxylic acids is 1. The summed E-state index contributed by atoms with van der Waals surface area (Å²) in [7, 11) is 0. The predicted octanol–water partition coefficient (Wildman–Crippen LogP) is 2.58. The molecule has 2 nitrogen and oxygen atoms in total. The lowest BCUT2D eigenvalue weighted by molar-refractivity contribution is -0.137. The number of aliphatic carboxylic acids is 1. The number of hydrogen-bond acceptors (Lipinski definition) is 1. The highest BCUT2D eigenvalue weighted by molar-refractivity contribution is 5.68. The van der Waals surface area contributed by atoms with Gasteiger partial charge in [0, 0.05) is 6.42 Å². The van der Waals surface area contributed by atoms with Crippen LogP contribution in [-0.2, 0) is 10.2 Å².